The van der Waals surface area contributed by atoms with Crippen LogP contribution in [0, 0.1) is 13.8 Å². The molecule has 4 nitrogen and oxygen atoms in total. The van der Waals surface area contributed by atoms with Gasteiger partial charge < -0.3 is 9.88 Å². The molecule has 3 rings (SSSR count). The highest BCUT2D eigenvalue weighted by molar-refractivity contribution is 6.04. The summed E-state index contributed by atoms with van der Waals surface area (Å²) in [6.45, 7) is 4.45. The van der Waals surface area contributed by atoms with Crippen LogP contribution in [0.4, 0.5) is 5.69 Å². The maximum Gasteiger partial charge on any atom is 0.257 e. The van der Waals surface area contributed by atoms with E-state index in [1.54, 1.807) is 16.8 Å². The second kappa shape index (κ2) is 7.18. The van der Waals surface area contributed by atoms with Gasteiger partial charge in [-0.3, -0.25) is 9.59 Å². The van der Waals surface area contributed by atoms with E-state index < -0.39 is 0 Å². The van der Waals surface area contributed by atoms with E-state index in [2.05, 4.69) is 5.32 Å². The van der Waals surface area contributed by atoms with Gasteiger partial charge in [0.15, 0.2) is 0 Å². The van der Waals surface area contributed by atoms with E-state index in [1.807, 2.05) is 62.4 Å². The predicted molar refractivity (Wildman–Crippen MR) is 100 cm³/mol. The molecule has 126 valence electrons. The number of rotatable bonds is 4. The van der Waals surface area contributed by atoms with Crippen LogP contribution in [-0.2, 0) is 6.54 Å². The molecule has 0 saturated carbocycles. The van der Waals surface area contributed by atoms with Gasteiger partial charge in [0.25, 0.3) is 11.5 Å². The van der Waals surface area contributed by atoms with Gasteiger partial charge in [0.05, 0.1) is 12.1 Å². The fourth-order valence-corrected chi connectivity index (χ4v) is 2.52. The first-order chi connectivity index (χ1) is 12.0. The predicted octanol–water partition coefficient (Wildman–Crippen LogP) is 3.77. The SMILES string of the molecule is Cc1ccc(Cn2cc(C(=O)Nc3ccc(C)cc3)ccc2=O)cc1. The van der Waals surface area contributed by atoms with Gasteiger partial charge in [0.1, 0.15) is 0 Å². The second-order valence-corrected chi connectivity index (χ2v) is 6.19. The Kier molecular flexibility index (Phi) is 4.80. The molecule has 3 aromatic rings. The lowest BCUT2D eigenvalue weighted by Crippen LogP contribution is -2.22. The minimum Gasteiger partial charge on any atom is -0.322 e. The monoisotopic (exact) mass is 332 g/mol. The number of aryl methyl sites for hydroxylation is 2. The Morgan fingerprint density at radius 3 is 2.12 bits per heavy atom. The van der Waals surface area contributed by atoms with Crippen molar-refractivity contribution in [1.82, 2.24) is 4.57 Å². The van der Waals surface area contributed by atoms with Crippen molar-refractivity contribution >= 4 is 11.6 Å². The third-order valence-electron chi connectivity index (χ3n) is 4.03. The largest absolute Gasteiger partial charge is 0.322 e. The van der Waals surface area contributed by atoms with Gasteiger partial charge in [-0.05, 0) is 37.6 Å². The second-order valence-electron chi connectivity index (χ2n) is 6.19. The maximum absolute atomic E-state index is 12.4. The van der Waals surface area contributed by atoms with E-state index in [0.29, 0.717) is 12.1 Å². The molecule has 0 spiro atoms. The molecule has 0 unspecified atom stereocenters. The van der Waals surface area contributed by atoms with Gasteiger partial charge in [-0.15, -0.1) is 0 Å². The molecule has 4 heteroatoms. The first-order valence-electron chi connectivity index (χ1n) is 8.15. The maximum atomic E-state index is 12.4. The van der Waals surface area contributed by atoms with Crippen molar-refractivity contribution in [2.45, 2.75) is 20.4 Å². The minimum atomic E-state index is -0.235. The Labute approximate surface area is 146 Å². The van der Waals surface area contributed by atoms with Gasteiger partial charge >= 0.3 is 0 Å². The van der Waals surface area contributed by atoms with Crippen molar-refractivity contribution < 1.29 is 4.79 Å². The third kappa shape index (κ3) is 4.23. The zero-order chi connectivity index (χ0) is 17.8. The minimum absolute atomic E-state index is 0.132. The Bertz CT molecular complexity index is 939. The first-order valence-corrected chi connectivity index (χ1v) is 8.15. The van der Waals surface area contributed by atoms with Crippen LogP contribution >= 0.6 is 0 Å². The van der Waals surface area contributed by atoms with Gasteiger partial charge in [0, 0.05) is 18.0 Å². The number of pyridine rings is 1. The van der Waals surface area contributed by atoms with Crippen molar-refractivity contribution in [3.63, 3.8) is 0 Å². The highest BCUT2D eigenvalue weighted by atomic mass is 16.2. The Hall–Kier alpha value is -3.14. The molecule has 1 N–H and O–H groups in total. The first kappa shape index (κ1) is 16.7. The van der Waals surface area contributed by atoms with E-state index in [9.17, 15) is 9.59 Å². The molecule has 0 radical (unpaired) electrons. The summed E-state index contributed by atoms with van der Waals surface area (Å²) in [5.74, 6) is -0.235. The highest BCUT2D eigenvalue weighted by Crippen LogP contribution is 2.11. The summed E-state index contributed by atoms with van der Waals surface area (Å²) in [4.78, 5) is 24.5. The smallest absolute Gasteiger partial charge is 0.257 e. The van der Waals surface area contributed by atoms with Crippen LogP contribution in [0.1, 0.15) is 27.0 Å². The number of aromatic nitrogens is 1. The number of hydrogen-bond acceptors (Lipinski definition) is 2. The number of carbonyl (C=O) groups is 1. The summed E-state index contributed by atoms with van der Waals surface area (Å²) >= 11 is 0. The average molecular weight is 332 g/mol. The van der Waals surface area contributed by atoms with Crippen LogP contribution in [0.3, 0.4) is 0 Å². The summed E-state index contributed by atoms with van der Waals surface area (Å²) < 4.78 is 1.55. The molecule has 2 aromatic carbocycles. The van der Waals surface area contributed by atoms with Crippen LogP contribution < -0.4 is 10.9 Å². The molecule has 0 fully saturated rings. The Morgan fingerprint density at radius 1 is 0.880 bits per heavy atom. The number of nitrogens with one attached hydrogen (secondary N) is 1. The van der Waals surface area contributed by atoms with E-state index in [-0.39, 0.29) is 11.5 Å². The van der Waals surface area contributed by atoms with Gasteiger partial charge in [-0.2, -0.15) is 0 Å². The normalized spacial score (nSPS) is 10.5. The molecular weight excluding hydrogens is 312 g/mol. The topological polar surface area (TPSA) is 51.1 Å². The van der Waals surface area contributed by atoms with Crippen molar-refractivity contribution in [3.05, 3.63) is 99.5 Å². The zero-order valence-corrected chi connectivity index (χ0v) is 14.3. The molecule has 1 heterocycles. The fraction of sp³-hybridized carbons (Fsp3) is 0.143. The zero-order valence-electron chi connectivity index (χ0n) is 14.3. The molecule has 1 aromatic heterocycles. The van der Waals surface area contributed by atoms with Crippen LogP contribution in [0.5, 0.6) is 0 Å². The van der Waals surface area contributed by atoms with E-state index in [4.69, 9.17) is 0 Å². The average Bonchev–Trinajstić information content (AvgIpc) is 2.60. The van der Waals surface area contributed by atoms with Gasteiger partial charge in [-0.25, -0.2) is 0 Å². The summed E-state index contributed by atoms with van der Waals surface area (Å²) in [7, 11) is 0. The quantitative estimate of drug-likeness (QED) is 0.791. The summed E-state index contributed by atoms with van der Waals surface area (Å²) in [6.07, 6.45) is 1.60. The van der Waals surface area contributed by atoms with Crippen LogP contribution in [0.15, 0.2) is 71.7 Å². The molecule has 0 aliphatic rings. The van der Waals surface area contributed by atoms with Crippen molar-refractivity contribution in [2.75, 3.05) is 5.32 Å². The number of anilines is 1. The number of carbonyl (C=O) groups excluding carboxylic acids is 1. The van der Waals surface area contributed by atoms with Crippen LogP contribution in [0.2, 0.25) is 0 Å². The van der Waals surface area contributed by atoms with E-state index in [0.717, 1.165) is 16.8 Å². The van der Waals surface area contributed by atoms with Crippen LogP contribution in [-0.4, -0.2) is 10.5 Å². The van der Waals surface area contributed by atoms with Crippen molar-refractivity contribution in [1.29, 1.82) is 0 Å². The molecule has 0 aliphatic heterocycles. The van der Waals surface area contributed by atoms with Crippen LogP contribution in [0.25, 0.3) is 0 Å². The molecule has 0 bridgehead atoms. The van der Waals surface area contributed by atoms with Crippen molar-refractivity contribution in [2.24, 2.45) is 0 Å². The van der Waals surface area contributed by atoms with Gasteiger partial charge in [-0.1, -0.05) is 47.5 Å². The molecule has 0 atom stereocenters. The number of benzene rings is 2. The van der Waals surface area contributed by atoms with E-state index >= 15 is 0 Å². The lowest BCUT2D eigenvalue weighted by atomic mass is 10.1. The molecule has 0 aliphatic carbocycles. The summed E-state index contributed by atoms with van der Waals surface area (Å²) in [5, 5.41) is 2.85. The lowest BCUT2D eigenvalue weighted by molar-refractivity contribution is 0.102. The number of amides is 1. The summed E-state index contributed by atoms with van der Waals surface area (Å²) in [5.41, 5.74) is 4.36. The number of nitrogens with zero attached hydrogens (tertiary/aromatic N) is 1. The van der Waals surface area contributed by atoms with Gasteiger partial charge in [0.2, 0.25) is 0 Å². The van der Waals surface area contributed by atoms with E-state index in [1.165, 1.54) is 11.6 Å². The Balaban J connectivity index is 1.80. The molecule has 1 amide bonds. The van der Waals surface area contributed by atoms with Crippen molar-refractivity contribution in [3.8, 4) is 0 Å². The lowest BCUT2D eigenvalue weighted by Gasteiger charge is -2.10. The fourth-order valence-electron chi connectivity index (χ4n) is 2.52. The molecular formula is C21H20N2O2. The third-order valence-corrected chi connectivity index (χ3v) is 4.03. The molecule has 25 heavy (non-hydrogen) atoms. The number of hydrogen-bond donors (Lipinski definition) is 1. The standard InChI is InChI=1S/C21H20N2O2/c1-15-3-7-17(8-4-15)13-23-14-18(9-12-20(23)24)21(25)22-19-10-5-16(2)6-11-19/h3-12,14H,13H2,1-2H3,(H,22,25). The Morgan fingerprint density at radius 2 is 1.48 bits per heavy atom. The summed E-state index contributed by atoms with van der Waals surface area (Å²) in [6, 6.07) is 18.6. The molecule has 0 saturated heterocycles. The highest BCUT2D eigenvalue weighted by Gasteiger charge is 2.08.